The molecule has 0 fully saturated rings. The van der Waals surface area contributed by atoms with E-state index < -0.39 is 0 Å². The fourth-order valence-electron chi connectivity index (χ4n) is 2.10. The van der Waals surface area contributed by atoms with Gasteiger partial charge in [0.05, 0.1) is 0 Å². The van der Waals surface area contributed by atoms with E-state index >= 15 is 0 Å². The molecule has 0 saturated heterocycles. The molecule has 0 aliphatic carbocycles. The molecule has 0 bridgehead atoms. The van der Waals surface area contributed by atoms with Crippen molar-refractivity contribution in [3.05, 3.63) is 22.2 Å². The lowest BCUT2D eigenvalue weighted by atomic mass is 10.0. The van der Waals surface area contributed by atoms with Crippen LogP contribution < -0.4 is 0 Å². The molecule has 0 aromatic carbocycles. The quantitative estimate of drug-likeness (QED) is 0.749. The van der Waals surface area contributed by atoms with Gasteiger partial charge in [-0.25, -0.2) is 9.97 Å². The third-order valence-electron chi connectivity index (χ3n) is 2.89. The molecule has 3 nitrogen and oxygen atoms in total. The minimum absolute atomic E-state index is 0.0904. The molecule has 102 valence electrons. The van der Waals surface area contributed by atoms with Crippen molar-refractivity contribution in [2.75, 3.05) is 6.61 Å². The molecule has 0 aliphatic rings. The SMILES string of the molecule is CCOC(c1nc(C)c(C(C)C)c(Cl)n1)C(C)C. The predicted molar refractivity (Wildman–Crippen MR) is 75.1 cm³/mol. The summed E-state index contributed by atoms with van der Waals surface area (Å²) in [7, 11) is 0. The molecule has 4 heteroatoms. The van der Waals surface area contributed by atoms with Crippen molar-refractivity contribution in [2.45, 2.75) is 53.6 Å². The Hall–Kier alpha value is -0.670. The van der Waals surface area contributed by atoms with Gasteiger partial charge >= 0.3 is 0 Å². The molecule has 0 N–H and O–H groups in total. The normalized spacial score (nSPS) is 13.4. The number of ether oxygens (including phenoxy) is 1. The summed E-state index contributed by atoms with van der Waals surface area (Å²) in [6.07, 6.45) is -0.0904. The van der Waals surface area contributed by atoms with Gasteiger partial charge in [0.1, 0.15) is 11.3 Å². The van der Waals surface area contributed by atoms with E-state index in [-0.39, 0.29) is 6.10 Å². The number of hydrogen-bond donors (Lipinski definition) is 0. The lowest BCUT2D eigenvalue weighted by Gasteiger charge is -2.21. The Bertz CT molecular complexity index is 382. The average molecular weight is 271 g/mol. The molecule has 1 rings (SSSR count). The summed E-state index contributed by atoms with van der Waals surface area (Å²) in [6, 6.07) is 0. The van der Waals surface area contributed by atoms with Crippen molar-refractivity contribution < 1.29 is 4.74 Å². The molecule has 0 saturated carbocycles. The van der Waals surface area contributed by atoms with E-state index in [1.54, 1.807) is 0 Å². The van der Waals surface area contributed by atoms with Gasteiger partial charge in [0.2, 0.25) is 0 Å². The lowest BCUT2D eigenvalue weighted by Crippen LogP contribution is -2.16. The Morgan fingerprint density at radius 1 is 1.17 bits per heavy atom. The fourth-order valence-corrected chi connectivity index (χ4v) is 2.54. The minimum atomic E-state index is -0.0904. The second-order valence-corrected chi connectivity index (χ2v) is 5.50. The molecular formula is C14H23ClN2O. The molecule has 0 amide bonds. The van der Waals surface area contributed by atoms with Crippen LogP contribution in [0.4, 0.5) is 0 Å². The maximum Gasteiger partial charge on any atom is 0.159 e. The number of hydrogen-bond acceptors (Lipinski definition) is 3. The highest BCUT2D eigenvalue weighted by Gasteiger charge is 2.22. The molecule has 0 aliphatic heterocycles. The van der Waals surface area contributed by atoms with Crippen molar-refractivity contribution in [3.8, 4) is 0 Å². The second kappa shape index (κ2) is 6.48. The maximum atomic E-state index is 6.27. The first-order valence-electron chi connectivity index (χ1n) is 6.53. The maximum absolute atomic E-state index is 6.27. The van der Waals surface area contributed by atoms with Crippen LogP contribution in [0.2, 0.25) is 5.15 Å². The van der Waals surface area contributed by atoms with Gasteiger partial charge < -0.3 is 4.74 Å². The topological polar surface area (TPSA) is 35.0 Å². The number of halogens is 1. The summed E-state index contributed by atoms with van der Waals surface area (Å²) in [4.78, 5) is 9.00. The summed E-state index contributed by atoms with van der Waals surface area (Å²) in [5, 5.41) is 0.554. The highest BCUT2D eigenvalue weighted by atomic mass is 35.5. The third kappa shape index (κ3) is 3.42. The van der Waals surface area contributed by atoms with Crippen LogP contribution in [0, 0.1) is 12.8 Å². The van der Waals surface area contributed by atoms with Crippen molar-refractivity contribution >= 4 is 11.6 Å². The summed E-state index contributed by atoms with van der Waals surface area (Å²) >= 11 is 6.27. The van der Waals surface area contributed by atoms with Crippen LogP contribution in [0.15, 0.2) is 0 Å². The van der Waals surface area contributed by atoms with Gasteiger partial charge in [0, 0.05) is 17.9 Å². The first kappa shape index (κ1) is 15.4. The van der Waals surface area contributed by atoms with Gasteiger partial charge in [0.25, 0.3) is 0 Å². The van der Waals surface area contributed by atoms with Crippen molar-refractivity contribution in [3.63, 3.8) is 0 Å². The zero-order valence-electron chi connectivity index (χ0n) is 12.1. The van der Waals surface area contributed by atoms with Crippen LogP contribution in [-0.2, 0) is 4.74 Å². The van der Waals surface area contributed by atoms with E-state index in [0.29, 0.717) is 29.4 Å². The number of rotatable bonds is 5. The average Bonchev–Trinajstić information content (AvgIpc) is 2.23. The minimum Gasteiger partial charge on any atom is -0.370 e. The van der Waals surface area contributed by atoms with Crippen molar-refractivity contribution in [1.82, 2.24) is 9.97 Å². The molecular weight excluding hydrogens is 248 g/mol. The predicted octanol–water partition coefficient (Wildman–Crippen LogP) is 4.30. The molecule has 1 heterocycles. The molecule has 1 atom stereocenters. The van der Waals surface area contributed by atoms with Gasteiger partial charge in [0.15, 0.2) is 5.82 Å². The van der Waals surface area contributed by atoms with Gasteiger partial charge in [-0.3, -0.25) is 0 Å². The van der Waals surface area contributed by atoms with E-state index in [9.17, 15) is 0 Å². The van der Waals surface area contributed by atoms with Crippen LogP contribution in [-0.4, -0.2) is 16.6 Å². The summed E-state index contributed by atoms with van der Waals surface area (Å²) in [5.41, 5.74) is 1.98. The summed E-state index contributed by atoms with van der Waals surface area (Å²) in [5.74, 6) is 1.35. The monoisotopic (exact) mass is 270 g/mol. The zero-order chi connectivity index (χ0) is 13.9. The van der Waals surface area contributed by atoms with Crippen LogP contribution in [0.3, 0.4) is 0 Å². The Morgan fingerprint density at radius 2 is 1.78 bits per heavy atom. The Balaban J connectivity index is 3.18. The van der Waals surface area contributed by atoms with Gasteiger partial charge in [-0.2, -0.15) is 0 Å². The number of nitrogens with zero attached hydrogens (tertiary/aromatic N) is 2. The van der Waals surface area contributed by atoms with Gasteiger partial charge in [-0.1, -0.05) is 39.3 Å². The first-order valence-corrected chi connectivity index (χ1v) is 6.91. The van der Waals surface area contributed by atoms with Gasteiger partial charge in [-0.05, 0) is 25.7 Å². The molecule has 1 aromatic rings. The fraction of sp³-hybridized carbons (Fsp3) is 0.714. The second-order valence-electron chi connectivity index (χ2n) is 5.15. The molecule has 1 unspecified atom stereocenters. The summed E-state index contributed by atoms with van der Waals surface area (Å²) < 4.78 is 5.72. The zero-order valence-corrected chi connectivity index (χ0v) is 12.9. The largest absolute Gasteiger partial charge is 0.370 e. The van der Waals surface area contributed by atoms with E-state index in [0.717, 1.165) is 11.3 Å². The molecule has 0 radical (unpaired) electrons. The highest BCUT2D eigenvalue weighted by Crippen LogP contribution is 2.29. The first-order chi connectivity index (χ1) is 8.38. The molecule has 0 spiro atoms. The van der Waals surface area contributed by atoms with E-state index in [1.165, 1.54) is 0 Å². The van der Waals surface area contributed by atoms with Crippen LogP contribution >= 0.6 is 11.6 Å². The summed E-state index contributed by atoms with van der Waals surface area (Å²) in [6.45, 7) is 13.0. The van der Waals surface area contributed by atoms with Crippen LogP contribution in [0.1, 0.15) is 63.7 Å². The Labute approximate surface area is 115 Å². The van der Waals surface area contributed by atoms with E-state index in [2.05, 4.69) is 37.7 Å². The Morgan fingerprint density at radius 3 is 2.17 bits per heavy atom. The highest BCUT2D eigenvalue weighted by molar-refractivity contribution is 6.30. The standard InChI is InChI=1S/C14H23ClN2O/c1-7-18-12(9(4)5)14-16-10(6)11(8(2)3)13(15)17-14/h8-9,12H,7H2,1-6H3. The van der Waals surface area contributed by atoms with Crippen molar-refractivity contribution in [2.24, 2.45) is 5.92 Å². The number of aromatic nitrogens is 2. The number of aryl methyl sites for hydroxylation is 1. The Kier molecular flexibility index (Phi) is 5.54. The third-order valence-corrected chi connectivity index (χ3v) is 3.18. The smallest absolute Gasteiger partial charge is 0.159 e. The lowest BCUT2D eigenvalue weighted by molar-refractivity contribution is 0.0230. The van der Waals surface area contributed by atoms with E-state index in [1.807, 2.05) is 13.8 Å². The van der Waals surface area contributed by atoms with Crippen LogP contribution in [0.5, 0.6) is 0 Å². The van der Waals surface area contributed by atoms with Gasteiger partial charge in [-0.15, -0.1) is 0 Å². The molecule has 1 aromatic heterocycles. The van der Waals surface area contributed by atoms with Crippen molar-refractivity contribution in [1.29, 1.82) is 0 Å². The van der Waals surface area contributed by atoms with E-state index in [4.69, 9.17) is 16.3 Å². The van der Waals surface area contributed by atoms with Crippen LogP contribution in [0.25, 0.3) is 0 Å². The molecule has 18 heavy (non-hydrogen) atoms.